The van der Waals surface area contributed by atoms with Gasteiger partial charge in [-0.1, -0.05) is 18.2 Å². The molecule has 0 bridgehead atoms. The normalized spacial score (nSPS) is 16.0. The lowest BCUT2D eigenvalue weighted by molar-refractivity contribution is -0.129. The molecule has 0 aliphatic carbocycles. The van der Waals surface area contributed by atoms with Gasteiger partial charge in [0.25, 0.3) is 5.91 Å². The van der Waals surface area contributed by atoms with Crippen molar-refractivity contribution >= 4 is 33.9 Å². The fourth-order valence-electron chi connectivity index (χ4n) is 4.41. The molecule has 0 spiro atoms. The second kappa shape index (κ2) is 8.79. The first kappa shape index (κ1) is 21.9. The van der Waals surface area contributed by atoms with Gasteiger partial charge in [-0.2, -0.15) is 0 Å². The van der Waals surface area contributed by atoms with Crippen LogP contribution >= 0.6 is 11.3 Å². The predicted octanol–water partition coefficient (Wildman–Crippen LogP) is 5.20. The van der Waals surface area contributed by atoms with Crippen molar-refractivity contribution in [2.24, 2.45) is 0 Å². The number of benzene rings is 2. The van der Waals surface area contributed by atoms with E-state index in [4.69, 9.17) is 4.74 Å². The summed E-state index contributed by atoms with van der Waals surface area (Å²) >= 11 is 1.22. The van der Waals surface area contributed by atoms with Gasteiger partial charge in [-0.05, 0) is 59.3 Å². The number of halogens is 1. The van der Waals surface area contributed by atoms with Gasteiger partial charge in [0, 0.05) is 23.6 Å². The molecule has 2 N–H and O–H groups in total. The van der Waals surface area contributed by atoms with E-state index in [1.807, 2.05) is 24.4 Å². The van der Waals surface area contributed by atoms with Gasteiger partial charge in [0.15, 0.2) is 5.76 Å². The van der Waals surface area contributed by atoms with Crippen molar-refractivity contribution in [1.29, 1.82) is 0 Å². The lowest BCUT2D eigenvalue weighted by Gasteiger charge is -2.26. The second-order valence-corrected chi connectivity index (χ2v) is 8.95. The van der Waals surface area contributed by atoms with Crippen LogP contribution in [0.2, 0.25) is 0 Å². The number of aliphatic hydroxyl groups is 1. The van der Waals surface area contributed by atoms with Crippen LogP contribution in [0, 0.1) is 5.82 Å². The van der Waals surface area contributed by atoms with Gasteiger partial charge < -0.3 is 19.7 Å². The van der Waals surface area contributed by atoms with E-state index in [-0.39, 0.29) is 12.1 Å². The Morgan fingerprint density at radius 2 is 2.06 bits per heavy atom. The van der Waals surface area contributed by atoms with Crippen LogP contribution in [0.1, 0.15) is 26.8 Å². The molecular formula is C26H21FN2O4S. The van der Waals surface area contributed by atoms with Gasteiger partial charge in [0.2, 0.25) is 5.78 Å². The number of hydrogen-bond donors (Lipinski definition) is 2. The number of nitrogens with zero attached hydrogens (tertiary/aromatic N) is 1. The summed E-state index contributed by atoms with van der Waals surface area (Å²) in [5, 5.41) is 13.5. The standard InChI is InChI=1S/C26H21FN2O4S/c1-33-18-7-8-20-19(13-18)16(14-28-20)9-10-29-23(15-4-2-5-17(27)12-15)22(25(31)26(29)32)24(30)21-6-3-11-34-21/h2-8,11-14,23,28,31H,9-10H2,1H3/t23-/m0/s1. The zero-order chi connectivity index (χ0) is 23.8. The Hall–Kier alpha value is -3.91. The number of ketones is 1. The van der Waals surface area contributed by atoms with Gasteiger partial charge in [-0.15, -0.1) is 11.3 Å². The summed E-state index contributed by atoms with van der Waals surface area (Å²) in [6, 6.07) is 13.9. The number of hydrogen-bond acceptors (Lipinski definition) is 5. The predicted molar refractivity (Wildman–Crippen MR) is 128 cm³/mol. The molecule has 1 atom stereocenters. The van der Waals surface area contributed by atoms with Gasteiger partial charge in [0.05, 0.1) is 23.6 Å². The van der Waals surface area contributed by atoms with Gasteiger partial charge in [-0.25, -0.2) is 4.39 Å². The summed E-state index contributed by atoms with van der Waals surface area (Å²) < 4.78 is 19.4. The summed E-state index contributed by atoms with van der Waals surface area (Å²) in [6.07, 6.45) is 2.32. The monoisotopic (exact) mass is 476 g/mol. The van der Waals surface area contributed by atoms with Crippen LogP contribution in [0.15, 0.2) is 77.5 Å². The zero-order valence-corrected chi connectivity index (χ0v) is 19.1. The Morgan fingerprint density at radius 1 is 1.21 bits per heavy atom. The quantitative estimate of drug-likeness (QED) is 0.359. The highest BCUT2D eigenvalue weighted by molar-refractivity contribution is 7.12. The Kier molecular flexibility index (Phi) is 5.67. The maximum absolute atomic E-state index is 14.1. The first-order valence-electron chi connectivity index (χ1n) is 10.7. The van der Waals surface area contributed by atoms with Crippen molar-refractivity contribution < 1.29 is 23.8 Å². The first-order valence-corrected chi connectivity index (χ1v) is 11.6. The summed E-state index contributed by atoms with van der Waals surface area (Å²) in [7, 11) is 1.60. The molecule has 1 aliphatic heterocycles. The minimum atomic E-state index is -0.891. The Bertz CT molecular complexity index is 1420. The van der Waals surface area contributed by atoms with Crippen LogP contribution < -0.4 is 4.74 Å². The van der Waals surface area contributed by atoms with Crippen LogP contribution in [0.3, 0.4) is 0 Å². The number of Topliss-reactive ketones (excluding diaryl/α,β-unsaturated/α-hetero) is 1. The highest BCUT2D eigenvalue weighted by atomic mass is 32.1. The maximum Gasteiger partial charge on any atom is 0.290 e. The molecule has 3 heterocycles. The number of aliphatic hydroxyl groups excluding tert-OH is 1. The Labute approximate surface area is 198 Å². The van der Waals surface area contributed by atoms with Gasteiger partial charge >= 0.3 is 0 Å². The average Bonchev–Trinajstić information content (AvgIpc) is 3.57. The third kappa shape index (κ3) is 3.76. The number of carbonyl (C=O) groups is 2. The Morgan fingerprint density at radius 3 is 2.79 bits per heavy atom. The smallest absolute Gasteiger partial charge is 0.290 e. The fraction of sp³-hybridized carbons (Fsp3) is 0.154. The van der Waals surface area contributed by atoms with Crippen molar-refractivity contribution in [2.45, 2.75) is 12.5 Å². The average molecular weight is 477 g/mol. The van der Waals surface area contributed by atoms with E-state index in [0.717, 1.165) is 16.5 Å². The number of aromatic amines is 1. The SMILES string of the molecule is COc1ccc2[nH]cc(CCN3C(=O)C(O)=C(C(=O)c4cccs4)[C@@H]3c3cccc(F)c3)c2c1. The highest BCUT2D eigenvalue weighted by Gasteiger charge is 2.43. The number of ether oxygens (including phenoxy) is 1. The van der Waals surface area contributed by atoms with Crippen molar-refractivity contribution in [3.8, 4) is 5.75 Å². The van der Waals surface area contributed by atoms with Crippen molar-refractivity contribution in [1.82, 2.24) is 9.88 Å². The minimum Gasteiger partial charge on any atom is -0.503 e. The van der Waals surface area contributed by atoms with E-state index < -0.39 is 29.3 Å². The molecule has 2 aromatic carbocycles. The number of thiophene rings is 1. The van der Waals surface area contributed by atoms with Crippen LogP contribution in [-0.4, -0.2) is 40.3 Å². The van der Waals surface area contributed by atoms with Crippen molar-refractivity contribution in [3.05, 3.63) is 99.3 Å². The number of nitrogens with one attached hydrogen (secondary N) is 1. The van der Waals surface area contributed by atoms with Crippen LogP contribution in [-0.2, 0) is 11.2 Å². The molecule has 6 nitrogen and oxygen atoms in total. The van der Waals surface area contributed by atoms with E-state index in [1.54, 1.807) is 30.7 Å². The number of methoxy groups -OCH3 is 1. The number of amides is 1. The highest BCUT2D eigenvalue weighted by Crippen LogP contribution is 2.40. The molecule has 0 saturated heterocycles. The molecule has 1 amide bonds. The minimum absolute atomic E-state index is 0.0290. The zero-order valence-electron chi connectivity index (χ0n) is 18.2. The molecular weight excluding hydrogens is 455 g/mol. The van der Waals surface area contributed by atoms with E-state index in [2.05, 4.69) is 4.98 Å². The molecule has 0 unspecified atom stereocenters. The van der Waals surface area contributed by atoms with Gasteiger partial charge in [-0.3, -0.25) is 9.59 Å². The molecule has 0 fully saturated rings. The molecule has 5 rings (SSSR count). The topological polar surface area (TPSA) is 82.6 Å². The number of carbonyl (C=O) groups excluding carboxylic acids is 2. The fourth-order valence-corrected chi connectivity index (χ4v) is 5.09. The molecule has 172 valence electrons. The molecule has 4 aromatic rings. The Balaban J connectivity index is 1.51. The van der Waals surface area contributed by atoms with E-state index >= 15 is 0 Å². The molecule has 34 heavy (non-hydrogen) atoms. The third-order valence-corrected chi connectivity index (χ3v) is 6.92. The maximum atomic E-state index is 14.1. The summed E-state index contributed by atoms with van der Waals surface area (Å²) in [4.78, 5) is 31.4. The number of aromatic nitrogens is 1. The number of H-pyrrole nitrogens is 1. The summed E-state index contributed by atoms with van der Waals surface area (Å²) in [6.45, 7) is 0.218. The van der Waals surface area contributed by atoms with Crippen molar-refractivity contribution in [2.75, 3.05) is 13.7 Å². The summed E-state index contributed by atoms with van der Waals surface area (Å²) in [5.74, 6) is -1.44. The molecule has 1 aliphatic rings. The lowest BCUT2D eigenvalue weighted by Crippen LogP contribution is -2.33. The molecule has 8 heteroatoms. The first-order chi connectivity index (χ1) is 16.5. The van der Waals surface area contributed by atoms with Gasteiger partial charge in [0.1, 0.15) is 11.6 Å². The van der Waals surface area contributed by atoms with E-state index in [0.29, 0.717) is 22.6 Å². The third-order valence-electron chi connectivity index (χ3n) is 6.05. The molecule has 0 radical (unpaired) electrons. The van der Waals surface area contributed by atoms with Crippen LogP contribution in [0.25, 0.3) is 10.9 Å². The lowest BCUT2D eigenvalue weighted by atomic mass is 9.95. The molecule has 2 aromatic heterocycles. The van der Waals surface area contributed by atoms with Crippen LogP contribution in [0.5, 0.6) is 5.75 Å². The van der Waals surface area contributed by atoms with Crippen molar-refractivity contribution in [3.63, 3.8) is 0 Å². The number of fused-ring (bicyclic) bond motifs is 1. The number of rotatable bonds is 7. The largest absolute Gasteiger partial charge is 0.503 e. The van der Waals surface area contributed by atoms with E-state index in [1.165, 1.54) is 34.4 Å². The van der Waals surface area contributed by atoms with E-state index in [9.17, 15) is 19.1 Å². The summed E-state index contributed by atoms with van der Waals surface area (Å²) in [5.41, 5.74) is 2.29. The molecule has 0 saturated carbocycles. The van der Waals surface area contributed by atoms with Crippen LogP contribution in [0.4, 0.5) is 4.39 Å². The second-order valence-electron chi connectivity index (χ2n) is 8.00.